The summed E-state index contributed by atoms with van der Waals surface area (Å²) in [5, 5.41) is 4.81. The van der Waals surface area contributed by atoms with E-state index in [1.807, 2.05) is 20.8 Å². The number of hydrogen-bond acceptors (Lipinski definition) is 2. The second kappa shape index (κ2) is 12.0. The molecular formula is C23H26Cl4N2O2. The summed E-state index contributed by atoms with van der Waals surface area (Å²) >= 11 is 24.6. The van der Waals surface area contributed by atoms with E-state index in [1.54, 1.807) is 41.3 Å². The van der Waals surface area contributed by atoms with Crippen LogP contribution in [0.4, 0.5) is 0 Å². The van der Waals surface area contributed by atoms with Crippen LogP contribution in [-0.2, 0) is 22.6 Å². The molecule has 0 saturated carbocycles. The van der Waals surface area contributed by atoms with Crippen molar-refractivity contribution in [3.05, 3.63) is 67.6 Å². The number of amides is 2. The van der Waals surface area contributed by atoms with Crippen LogP contribution in [0.3, 0.4) is 0 Å². The number of carbonyl (C=O) groups is 2. The van der Waals surface area contributed by atoms with E-state index in [0.717, 1.165) is 6.42 Å². The molecule has 0 fully saturated rings. The molecule has 2 atom stereocenters. The van der Waals surface area contributed by atoms with E-state index in [9.17, 15) is 9.59 Å². The highest BCUT2D eigenvalue weighted by molar-refractivity contribution is 6.35. The summed E-state index contributed by atoms with van der Waals surface area (Å²) in [6, 6.07) is 9.44. The Hall–Kier alpha value is -1.46. The molecular weight excluding hydrogens is 478 g/mol. The van der Waals surface area contributed by atoms with E-state index in [-0.39, 0.29) is 30.8 Å². The summed E-state index contributed by atoms with van der Waals surface area (Å²) in [7, 11) is 0. The van der Waals surface area contributed by atoms with Gasteiger partial charge in [-0.05, 0) is 55.2 Å². The molecule has 0 radical (unpaired) electrons. The van der Waals surface area contributed by atoms with Gasteiger partial charge in [0.25, 0.3) is 0 Å². The molecule has 0 aliphatic heterocycles. The van der Waals surface area contributed by atoms with E-state index in [4.69, 9.17) is 46.4 Å². The average molecular weight is 504 g/mol. The molecule has 2 rings (SSSR count). The molecule has 0 saturated heterocycles. The highest BCUT2D eigenvalue weighted by Crippen LogP contribution is 2.26. The Labute approximate surface area is 203 Å². The van der Waals surface area contributed by atoms with Crippen molar-refractivity contribution in [3.63, 3.8) is 0 Å². The van der Waals surface area contributed by atoms with E-state index < -0.39 is 6.04 Å². The van der Waals surface area contributed by atoms with Crippen molar-refractivity contribution >= 4 is 58.2 Å². The van der Waals surface area contributed by atoms with Gasteiger partial charge >= 0.3 is 0 Å². The lowest BCUT2D eigenvalue weighted by Gasteiger charge is -2.32. The molecule has 0 aliphatic rings. The average Bonchev–Trinajstić information content (AvgIpc) is 2.71. The minimum absolute atomic E-state index is 0.00308. The number of benzene rings is 2. The van der Waals surface area contributed by atoms with Gasteiger partial charge in [-0.1, -0.05) is 72.4 Å². The second-order valence-corrected chi connectivity index (χ2v) is 9.10. The molecule has 8 heteroatoms. The molecule has 2 aromatic carbocycles. The number of nitrogens with one attached hydrogen (secondary N) is 1. The highest BCUT2D eigenvalue weighted by Gasteiger charge is 2.30. The maximum absolute atomic E-state index is 13.4. The molecule has 2 aromatic rings. The van der Waals surface area contributed by atoms with E-state index in [1.165, 1.54) is 0 Å². The monoisotopic (exact) mass is 502 g/mol. The van der Waals surface area contributed by atoms with Gasteiger partial charge in [0.15, 0.2) is 0 Å². The van der Waals surface area contributed by atoms with Gasteiger partial charge in [0.1, 0.15) is 6.04 Å². The van der Waals surface area contributed by atoms with Gasteiger partial charge in [-0.3, -0.25) is 9.59 Å². The van der Waals surface area contributed by atoms with Crippen molar-refractivity contribution < 1.29 is 9.59 Å². The lowest BCUT2D eigenvalue weighted by Crippen LogP contribution is -2.51. The Morgan fingerprint density at radius 2 is 1.45 bits per heavy atom. The highest BCUT2D eigenvalue weighted by atomic mass is 35.5. The van der Waals surface area contributed by atoms with Crippen LogP contribution < -0.4 is 5.32 Å². The van der Waals surface area contributed by atoms with Gasteiger partial charge in [0.2, 0.25) is 11.8 Å². The van der Waals surface area contributed by atoms with Crippen LogP contribution in [0.25, 0.3) is 0 Å². The first-order valence-electron chi connectivity index (χ1n) is 10.1. The van der Waals surface area contributed by atoms with Crippen molar-refractivity contribution in [2.24, 2.45) is 0 Å². The third-order valence-corrected chi connectivity index (χ3v) is 6.27. The molecule has 2 amide bonds. The number of rotatable bonds is 9. The largest absolute Gasteiger partial charge is 0.352 e. The van der Waals surface area contributed by atoms with Crippen LogP contribution >= 0.6 is 46.4 Å². The SMILES string of the molecule is CC[C@H](C(=O)N[C@@H](C)CC)N(Cc1ccc(Cl)cc1Cl)C(=O)Cc1ccc(Cl)cc1Cl. The molecule has 0 spiro atoms. The zero-order valence-corrected chi connectivity index (χ0v) is 20.7. The van der Waals surface area contributed by atoms with E-state index in [0.29, 0.717) is 37.6 Å². The Balaban J connectivity index is 2.37. The Bertz CT molecular complexity index is 936. The second-order valence-electron chi connectivity index (χ2n) is 7.41. The van der Waals surface area contributed by atoms with Crippen molar-refractivity contribution in [1.82, 2.24) is 10.2 Å². The first-order valence-corrected chi connectivity index (χ1v) is 11.6. The lowest BCUT2D eigenvalue weighted by molar-refractivity contribution is -0.141. The van der Waals surface area contributed by atoms with Crippen LogP contribution in [0.2, 0.25) is 20.1 Å². The molecule has 0 bridgehead atoms. The summed E-state index contributed by atoms with van der Waals surface area (Å²) in [5.41, 5.74) is 1.34. The Morgan fingerprint density at radius 3 is 1.94 bits per heavy atom. The predicted molar refractivity (Wildman–Crippen MR) is 129 cm³/mol. The zero-order chi connectivity index (χ0) is 23.1. The van der Waals surface area contributed by atoms with Crippen LogP contribution in [0.5, 0.6) is 0 Å². The number of nitrogens with zero attached hydrogens (tertiary/aromatic N) is 1. The molecule has 0 heterocycles. The van der Waals surface area contributed by atoms with Crippen LogP contribution in [0, 0.1) is 0 Å². The third-order valence-electron chi connectivity index (χ3n) is 5.10. The quantitative estimate of drug-likeness (QED) is 0.421. The molecule has 4 nitrogen and oxygen atoms in total. The van der Waals surface area contributed by atoms with Gasteiger partial charge < -0.3 is 10.2 Å². The molecule has 31 heavy (non-hydrogen) atoms. The maximum Gasteiger partial charge on any atom is 0.243 e. The third kappa shape index (κ3) is 7.28. The molecule has 168 valence electrons. The van der Waals surface area contributed by atoms with Gasteiger partial charge in [-0.15, -0.1) is 0 Å². The van der Waals surface area contributed by atoms with Crippen LogP contribution in [0.1, 0.15) is 44.7 Å². The number of carbonyl (C=O) groups excluding carboxylic acids is 2. The van der Waals surface area contributed by atoms with Gasteiger partial charge in [0, 0.05) is 32.7 Å². The fourth-order valence-electron chi connectivity index (χ4n) is 3.12. The van der Waals surface area contributed by atoms with Crippen molar-refractivity contribution in [1.29, 1.82) is 0 Å². The minimum atomic E-state index is -0.653. The summed E-state index contributed by atoms with van der Waals surface area (Å²) in [5.74, 6) is -0.432. The van der Waals surface area contributed by atoms with Crippen molar-refractivity contribution in [2.45, 2.75) is 58.7 Å². The standard InChI is InChI=1S/C23H26Cl4N2O2/c1-4-14(3)28-23(31)21(5-2)29(13-16-7-9-18(25)12-20(16)27)22(30)10-15-6-8-17(24)11-19(15)26/h6-9,11-12,14,21H,4-5,10,13H2,1-3H3,(H,28,31)/t14-,21+/m0/s1. The molecule has 0 unspecified atom stereocenters. The van der Waals surface area contributed by atoms with E-state index >= 15 is 0 Å². The summed E-state index contributed by atoms with van der Waals surface area (Å²) in [4.78, 5) is 27.9. The van der Waals surface area contributed by atoms with Crippen LogP contribution in [0.15, 0.2) is 36.4 Å². The van der Waals surface area contributed by atoms with Gasteiger partial charge in [0.05, 0.1) is 6.42 Å². The van der Waals surface area contributed by atoms with E-state index in [2.05, 4.69) is 5.32 Å². The number of halogens is 4. The number of hydrogen-bond donors (Lipinski definition) is 1. The van der Waals surface area contributed by atoms with Gasteiger partial charge in [-0.2, -0.15) is 0 Å². The minimum Gasteiger partial charge on any atom is -0.352 e. The fraction of sp³-hybridized carbons (Fsp3) is 0.391. The lowest BCUT2D eigenvalue weighted by atomic mass is 10.1. The first kappa shape index (κ1) is 25.8. The first-order chi connectivity index (χ1) is 14.7. The van der Waals surface area contributed by atoms with Crippen LogP contribution in [-0.4, -0.2) is 28.8 Å². The summed E-state index contributed by atoms with van der Waals surface area (Å²) in [6.45, 7) is 5.97. The van der Waals surface area contributed by atoms with Crippen molar-refractivity contribution in [2.75, 3.05) is 0 Å². The molecule has 0 aliphatic carbocycles. The zero-order valence-electron chi connectivity index (χ0n) is 17.7. The maximum atomic E-state index is 13.4. The summed E-state index contributed by atoms with van der Waals surface area (Å²) in [6.07, 6.45) is 1.28. The van der Waals surface area contributed by atoms with Crippen molar-refractivity contribution in [3.8, 4) is 0 Å². The Morgan fingerprint density at radius 1 is 0.903 bits per heavy atom. The topological polar surface area (TPSA) is 49.4 Å². The molecule has 1 N–H and O–H groups in total. The Kier molecular flexibility index (Phi) is 9.95. The predicted octanol–water partition coefficient (Wildman–Crippen LogP) is 6.56. The normalized spacial score (nSPS) is 12.9. The van der Waals surface area contributed by atoms with Gasteiger partial charge in [-0.25, -0.2) is 0 Å². The smallest absolute Gasteiger partial charge is 0.243 e. The fourth-order valence-corrected chi connectivity index (χ4v) is 4.07. The summed E-state index contributed by atoms with van der Waals surface area (Å²) < 4.78 is 0. The molecule has 0 aromatic heterocycles.